The van der Waals surface area contributed by atoms with Crippen LogP contribution in [0.1, 0.15) is 51.9 Å². The molecule has 0 saturated heterocycles. The second-order valence-electron chi connectivity index (χ2n) is 4.90. The van der Waals surface area contributed by atoms with Gasteiger partial charge in [-0.1, -0.05) is 25.7 Å². The van der Waals surface area contributed by atoms with Crippen LogP contribution in [0.3, 0.4) is 0 Å². The van der Waals surface area contributed by atoms with E-state index < -0.39 is 0 Å². The molecular formula is C12H22O2. The average Bonchev–Trinajstić information content (AvgIpc) is 2.83. The van der Waals surface area contributed by atoms with Crippen LogP contribution in [0.4, 0.5) is 0 Å². The van der Waals surface area contributed by atoms with Crippen LogP contribution in [0.15, 0.2) is 0 Å². The maximum Gasteiger partial charge on any atom is 0.0940 e. The van der Waals surface area contributed by atoms with Crippen molar-refractivity contribution in [2.24, 2.45) is 5.92 Å². The van der Waals surface area contributed by atoms with Crippen molar-refractivity contribution >= 4 is 0 Å². The quantitative estimate of drug-likeness (QED) is 0.735. The first-order chi connectivity index (χ1) is 6.77. The van der Waals surface area contributed by atoms with E-state index in [0.29, 0.717) is 0 Å². The summed E-state index contributed by atoms with van der Waals surface area (Å²) in [4.78, 5) is 0. The van der Waals surface area contributed by atoms with Gasteiger partial charge in [0, 0.05) is 6.61 Å². The topological polar surface area (TPSA) is 29.5 Å². The van der Waals surface area contributed by atoms with Crippen molar-refractivity contribution < 1.29 is 9.84 Å². The molecule has 2 nitrogen and oxygen atoms in total. The van der Waals surface area contributed by atoms with Crippen LogP contribution in [0, 0.1) is 5.92 Å². The Bertz CT molecular complexity index is 181. The van der Waals surface area contributed by atoms with Gasteiger partial charge in [-0.05, 0) is 32.1 Å². The molecule has 1 unspecified atom stereocenters. The smallest absolute Gasteiger partial charge is 0.0940 e. The van der Waals surface area contributed by atoms with E-state index in [1.165, 1.54) is 25.7 Å². The Morgan fingerprint density at radius 3 is 2.50 bits per heavy atom. The second kappa shape index (κ2) is 4.19. The highest BCUT2D eigenvalue weighted by atomic mass is 16.5. The van der Waals surface area contributed by atoms with Crippen molar-refractivity contribution in [3.8, 4) is 0 Å². The summed E-state index contributed by atoms with van der Waals surface area (Å²) in [7, 11) is 0. The molecule has 2 rings (SSSR count). The Hall–Kier alpha value is -0.0800. The van der Waals surface area contributed by atoms with E-state index in [1.54, 1.807) is 0 Å². The summed E-state index contributed by atoms with van der Waals surface area (Å²) in [6.07, 6.45) is 7.98. The van der Waals surface area contributed by atoms with Crippen molar-refractivity contribution in [3.05, 3.63) is 0 Å². The molecule has 0 amide bonds. The lowest BCUT2D eigenvalue weighted by Gasteiger charge is -2.34. The van der Waals surface area contributed by atoms with Crippen molar-refractivity contribution in [2.75, 3.05) is 6.61 Å². The van der Waals surface area contributed by atoms with Crippen LogP contribution in [0.25, 0.3) is 0 Å². The summed E-state index contributed by atoms with van der Waals surface area (Å²) in [5.41, 5.74) is -0.169. The molecule has 2 heteroatoms. The summed E-state index contributed by atoms with van der Waals surface area (Å²) in [6, 6.07) is 0. The minimum absolute atomic E-state index is 0.169. The Kier molecular flexibility index (Phi) is 3.13. The predicted octanol–water partition coefficient (Wildman–Crippen LogP) is 2.50. The standard InChI is InChI=1S/C12H22O2/c1-2-14-12(7-3-4-8-12)11(13)9-10-5-6-10/h10-11,13H,2-9H2,1H3. The Balaban J connectivity index is 1.92. The average molecular weight is 198 g/mol. The van der Waals surface area contributed by atoms with E-state index in [0.717, 1.165) is 31.8 Å². The fourth-order valence-corrected chi connectivity index (χ4v) is 2.72. The third-order valence-corrected chi connectivity index (χ3v) is 3.74. The number of ether oxygens (including phenoxy) is 1. The molecule has 0 heterocycles. The maximum atomic E-state index is 10.2. The van der Waals surface area contributed by atoms with Gasteiger partial charge in [-0.2, -0.15) is 0 Å². The molecule has 1 atom stereocenters. The summed E-state index contributed by atoms with van der Waals surface area (Å²) in [5.74, 6) is 0.794. The largest absolute Gasteiger partial charge is 0.390 e. The molecule has 2 aliphatic rings. The third kappa shape index (κ3) is 2.12. The minimum Gasteiger partial charge on any atom is -0.390 e. The predicted molar refractivity (Wildman–Crippen MR) is 56.2 cm³/mol. The number of aliphatic hydroxyl groups is 1. The van der Waals surface area contributed by atoms with Gasteiger partial charge in [0.1, 0.15) is 0 Å². The molecule has 2 fully saturated rings. The molecule has 0 spiro atoms. The SMILES string of the molecule is CCOC1(C(O)CC2CC2)CCCC1. The van der Waals surface area contributed by atoms with E-state index >= 15 is 0 Å². The Morgan fingerprint density at radius 1 is 1.36 bits per heavy atom. The van der Waals surface area contributed by atoms with Crippen LogP contribution in [-0.2, 0) is 4.74 Å². The molecule has 0 aromatic rings. The number of rotatable bonds is 5. The van der Waals surface area contributed by atoms with Crippen LogP contribution in [0.2, 0.25) is 0 Å². The van der Waals surface area contributed by atoms with Crippen molar-refractivity contribution in [3.63, 3.8) is 0 Å². The fraction of sp³-hybridized carbons (Fsp3) is 1.00. The van der Waals surface area contributed by atoms with Crippen LogP contribution in [-0.4, -0.2) is 23.4 Å². The minimum atomic E-state index is -0.211. The Labute approximate surface area is 86.6 Å². The highest BCUT2D eigenvalue weighted by Gasteiger charge is 2.43. The van der Waals surface area contributed by atoms with E-state index in [4.69, 9.17) is 4.74 Å². The van der Waals surface area contributed by atoms with Gasteiger partial charge in [0.2, 0.25) is 0 Å². The van der Waals surface area contributed by atoms with Crippen molar-refractivity contribution in [1.29, 1.82) is 0 Å². The first kappa shape index (κ1) is 10.4. The van der Waals surface area contributed by atoms with Gasteiger partial charge in [0.05, 0.1) is 11.7 Å². The van der Waals surface area contributed by atoms with Gasteiger partial charge in [-0.3, -0.25) is 0 Å². The lowest BCUT2D eigenvalue weighted by molar-refractivity contribution is -0.120. The molecule has 0 aromatic heterocycles. The molecule has 2 aliphatic carbocycles. The molecule has 0 radical (unpaired) electrons. The zero-order valence-corrected chi connectivity index (χ0v) is 9.17. The normalized spacial score (nSPS) is 27.9. The van der Waals surface area contributed by atoms with Gasteiger partial charge in [-0.25, -0.2) is 0 Å². The molecular weight excluding hydrogens is 176 g/mol. The zero-order chi connectivity index (χ0) is 10.0. The van der Waals surface area contributed by atoms with Crippen molar-refractivity contribution in [1.82, 2.24) is 0 Å². The maximum absolute atomic E-state index is 10.2. The van der Waals surface area contributed by atoms with Gasteiger partial charge in [-0.15, -0.1) is 0 Å². The van der Waals surface area contributed by atoms with Crippen LogP contribution >= 0.6 is 0 Å². The Morgan fingerprint density at radius 2 is 2.00 bits per heavy atom. The van der Waals surface area contributed by atoms with Gasteiger partial charge in [0.15, 0.2) is 0 Å². The summed E-state index contributed by atoms with van der Waals surface area (Å²) in [6.45, 7) is 2.77. The molecule has 2 saturated carbocycles. The summed E-state index contributed by atoms with van der Waals surface area (Å²) < 4.78 is 5.83. The van der Waals surface area contributed by atoms with E-state index in [1.807, 2.05) is 6.92 Å². The lowest BCUT2D eigenvalue weighted by Crippen LogP contribution is -2.42. The van der Waals surface area contributed by atoms with E-state index in [9.17, 15) is 5.11 Å². The first-order valence-corrected chi connectivity index (χ1v) is 6.09. The van der Waals surface area contributed by atoms with E-state index in [2.05, 4.69) is 0 Å². The number of aliphatic hydroxyl groups excluding tert-OH is 1. The summed E-state index contributed by atoms with van der Waals surface area (Å²) >= 11 is 0. The van der Waals surface area contributed by atoms with Gasteiger partial charge < -0.3 is 9.84 Å². The van der Waals surface area contributed by atoms with Crippen LogP contribution in [0.5, 0.6) is 0 Å². The second-order valence-corrected chi connectivity index (χ2v) is 4.90. The molecule has 14 heavy (non-hydrogen) atoms. The summed E-state index contributed by atoms with van der Waals surface area (Å²) in [5, 5.41) is 10.2. The van der Waals surface area contributed by atoms with Crippen molar-refractivity contribution in [2.45, 2.75) is 63.6 Å². The highest BCUT2D eigenvalue weighted by Crippen LogP contribution is 2.42. The third-order valence-electron chi connectivity index (χ3n) is 3.74. The van der Waals surface area contributed by atoms with Crippen LogP contribution < -0.4 is 0 Å². The van der Waals surface area contributed by atoms with E-state index in [-0.39, 0.29) is 11.7 Å². The monoisotopic (exact) mass is 198 g/mol. The molecule has 0 aliphatic heterocycles. The number of hydrogen-bond acceptors (Lipinski definition) is 2. The molecule has 82 valence electrons. The molecule has 0 aromatic carbocycles. The highest BCUT2D eigenvalue weighted by molar-refractivity contribution is 4.95. The van der Waals surface area contributed by atoms with Gasteiger partial charge in [0.25, 0.3) is 0 Å². The molecule has 1 N–H and O–H groups in total. The molecule has 0 bridgehead atoms. The van der Waals surface area contributed by atoms with Gasteiger partial charge >= 0.3 is 0 Å². The number of hydrogen-bond donors (Lipinski definition) is 1. The lowest BCUT2D eigenvalue weighted by atomic mass is 9.90. The first-order valence-electron chi connectivity index (χ1n) is 6.09. The fourth-order valence-electron chi connectivity index (χ4n) is 2.72. The zero-order valence-electron chi connectivity index (χ0n) is 9.17.